The van der Waals surface area contributed by atoms with Crippen LogP contribution in [-0.4, -0.2) is 57.3 Å². The van der Waals surface area contributed by atoms with Gasteiger partial charge in [0.2, 0.25) is 11.9 Å². The van der Waals surface area contributed by atoms with Gasteiger partial charge in [-0.15, -0.1) is 6.42 Å². The molecule has 0 radical (unpaired) electrons. The molecule has 3 unspecified atom stereocenters. The van der Waals surface area contributed by atoms with Gasteiger partial charge >= 0.3 is 23.5 Å². The molecule has 21 heteroatoms. The van der Waals surface area contributed by atoms with Crippen molar-refractivity contribution in [1.82, 2.24) is 9.55 Å². The minimum Gasteiger partial charge on any atom is -0.383 e. The first-order chi connectivity index (χ1) is 13.9. The summed E-state index contributed by atoms with van der Waals surface area (Å²) < 4.78 is 64.0. The summed E-state index contributed by atoms with van der Waals surface area (Å²) in [5, 5.41) is 20.8. The molecule has 2 rings (SSSR count). The van der Waals surface area contributed by atoms with Crippen molar-refractivity contribution in [2.75, 3.05) is 0 Å². The minimum atomic E-state index is -5.87. The van der Waals surface area contributed by atoms with Gasteiger partial charge in [-0.1, -0.05) is 18.1 Å². The van der Waals surface area contributed by atoms with Crippen LogP contribution in [0, 0.1) is 27.6 Å². The summed E-state index contributed by atoms with van der Waals surface area (Å²) in [7, 11) is -17.3. The zero-order valence-corrected chi connectivity index (χ0v) is 18.7. The zero-order chi connectivity index (χ0) is 24.0. The maximum Gasteiger partial charge on any atom is 0.490 e. The molecule has 0 saturated carbocycles. The average molecular weight is 544 g/mol. The van der Waals surface area contributed by atoms with E-state index in [4.69, 9.17) is 38.1 Å². The van der Waals surface area contributed by atoms with Crippen LogP contribution >= 0.6 is 47.9 Å². The first kappa shape index (κ1) is 26.6. The number of hydrogen-bond donors (Lipinski definition) is 7. The summed E-state index contributed by atoms with van der Waals surface area (Å²) >= 11 is 9.53. The number of nitrogens with zero attached hydrogens (tertiary/aromatic N) is 1. The van der Waals surface area contributed by atoms with Crippen LogP contribution in [-0.2, 0) is 31.6 Å². The van der Waals surface area contributed by atoms with E-state index in [2.05, 4.69) is 30.3 Å². The van der Waals surface area contributed by atoms with Crippen molar-refractivity contribution in [3.63, 3.8) is 0 Å². The van der Waals surface area contributed by atoms with Crippen molar-refractivity contribution < 1.29 is 65.8 Å². The van der Waals surface area contributed by atoms with Gasteiger partial charge in [0.25, 0.3) is 0 Å². The fraction of sp³-hybridized carbons (Fsp3) is 0.400. The van der Waals surface area contributed by atoms with Crippen LogP contribution in [0.2, 0.25) is 0 Å². The van der Waals surface area contributed by atoms with Crippen LogP contribution in [0.5, 0.6) is 0 Å². The number of aromatic nitrogens is 2. The number of hydrogen-bond acceptors (Lipinski definition) is 11. The lowest BCUT2D eigenvalue weighted by Gasteiger charge is -2.26. The van der Waals surface area contributed by atoms with Crippen LogP contribution in [0.15, 0.2) is 6.20 Å². The monoisotopic (exact) mass is 544 g/mol. The van der Waals surface area contributed by atoms with Gasteiger partial charge in [-0.25, -0.2) is 18.1 Å². The van der Waals surface area contributed by atoms with Crippen molar-refractivity contribution in [3.05, 3.63) is 21.4 Å². The van der Waals surface area contributed by atoms with E-state index in [1.165, 1.54) is 0 Å². The van der Waals surface area contributed by atoms with E-state index in [9.17, 15) is 33.2 Å². The van der Waals surface area contributed by atoms with Crippen molar-refractivity contribution >= 4 is 47.9 Å². The Morgan fingerprint density at radius 2 is 1.81 bits per heavy atom. The molecule has 1 aromatic rings. The van der Waals surface area contributed by atoms with Gasteiger partial charge in [0.1, 0.15) is 10.7 Å². The number of aliphatic hydroxyl groups is 2. The quantitative estimate of drug-likeness (QED) is 0.139. The second kappa shape index (κ2) is 8.92. The van der Waals surface area contributed by atoms with Crippen molar-refractivity contribution in [1.29, 1.82) is 0 Å². The lowest BCUT2D eigenvalue weighted by molar-refractivity contribution is -0.135. The number of rotatable bonds is 7. The van der Waals surface area contributed by atoms with Gasteiger partial charge in [-0.3, -0.25) is 9.09 Å². The van der Waals surface area contributed by atoms with E-state index in [0.29, 0.717) is 10.8 Å². The Bertz CT molecular complexity index is 1180. The predicted molar refractivity (Wildman–Crippen MR) is 99.1 cm³/mol. The van der Waals surface area contributed by atoms with Crippen LogP contribution in [0.4, 0.5) is 4.39 Å². The Labute approximate surface area is 181 Å². The molecule has 7 N–H and O–H groups in total. The fourth-order valence-corrected chi connectivity index (χ4v) is 5.79. The average Bonchev–Trinajstić information content (AvgIpc) is 2.79. The zero-order valence-electron chi connectivity index (χ0n) is 14.4. The van der Waals surface area contributed by atoms with Crippen LogP contribution in [0.25, 0.3) is 0 Å². The first-order valence-electron chi connectivity index (χ1n) is 7.27. The lowest BCUT2D eigenvalue weighted by Crippen LogP contribution is -2.45. The second-order valence-corrected chi connectivity index (χ2v) is 10.8. The Balaban J connectivity index is 2.35. The highest BCUT2D eigenvalue weighted by atomic mass is 32.1. The molecule has 0 aliphatic carbocycles. The highest BCUT2D eigenvalue weighted by Crippen LogP contribution is 2.67. The number of phosphoric ester groups is 1. The summed E-state index contributed by atoms with van der Waals surface area (Å²) in [6.07, 6.45) is -0.864. The van der Waals surface area contributed by atoms with Crippen LogP contribution < -0.4 is 0 Å². The molecule has 31 heavy (non-hydrogen) atoms. The first-order valence-corrected chi connectivity index (χ1v) is 12.6. The van der Waals surface area contributed by atoms with Gasteiger partial charge < -0.3 is 39.5 Å². The van der Waals surface area contributed by atoms with Gasteiger partial charge in [0, 0.05) is 6.20 Å². The summed E-state index contributed by atoms with van der Waals surface area (Å²) in [4.78, 5) is 37.9. The largest absolute Gasteiger partial charge is 0.490 e. The normalized spacial score (nSPS) is 30.3. The van der Waals surface area contributed by atoms with E-state index in [1.807, 2.05) is 0 Å². The third-order valence-electron chi connectivity index (χ3n) is 3.41. The molecule has 2 heterocycles. The van der Waals surface area contributed by atoms with Crippen molar-refractivity contribution in [3.8, 4) is 12.3 Å². The maximum atomic E-state index is 13.8. The minimum absolute atomic E-state index is 0.365. The molecule has 1 aliphatic heterocycles. The molecule has 174 valence electrons. The molecular weight excluding hydrogens is 532 g/mol. The molecule has 0 bridgehead atoms. The van der Waals surface area contributed by atoms with Crippen LogP contribution in [0.3, 0.4) is 0 Å². The van der Waals surface area contributed by atoms with E-state index in [0.717, 1.165) is 0 Å². The van der Waals surface area contributed by atoms with Gasteiger partial charge in [-0.2, -0.15) is 8.62 Å². The predicted octanol–water partition coefficient (Wildman–Crippen LogP) is 0.338. The smallest absolute Gasteiger partial charge is 0.383 e. The summed E-state index contributed by atoms with van der Waals surface area (Å²) in [6.45, 7) is 0. The summed E-state index contributed by atoms with van der Waals surface area (Å²) in [6, 6.07) is 0. The molecule has 1 aliphatic rings. The third-order valence-corrected chi connectivity index (χ3v) is 7.82. The molecule has 1 fully saturated rings. The number of halogens is 1. The fourth-order valence-electron chi connectivity index (χ4n) is 2.24. The Morgan fingerprint density at radius 1 is 1.23 bits per heavy atom. The van der Waals surface area contributed by atoms with Crippen LogP contribution in [0.1, 0.15) is 6.23 Å². The molecule has 1 saturated heterocycles. The van der Waals surface area contributed by atoms with Crippen molar-refractivity contribution in [2.24, 2.45) is 0 Å². The lowest BCUT2D eigenvalue weighted by atomic mass is 9.98. The van der Waals surface area contributed by atoms with E-state index < -0.39 is 58.1 Å². The molecular formula is C10H12FN2O13P3S2. The Hall–Kier alpha value is -0.700. The third kappa shape index (κ3) is 6.21. The summed E-state index contributed by atoms with van der Waals surface area (Å²) in [5.74, 6) is 0.664. The molecule has 6 atom stereocenters. The van der Waals surface area contributed by atoms with E-state index in [1.54, 1.807) is 5.92 Å². The molecule has 0 amide bonds. The number of terminal acetylenes is 1. The molecule has 0 aromatic carbocycles. The number of ether oxygens (including phenoxy) is 1. The summed E-state index contributed by atoms with van der Waals surface area (Å²) in [5.41, 5.74) is -2.77. The van der Waals surface area contributed by atoms with Gasteiger partial charge in [-0.05, 0) is 12.2 Å². The maximum absolute atomic E-state index is 13.8. The van der Waals surface area contributed by atoms with Gasteiger partial charge in [0.15, 0.2) is 16.8 Å². The molecule has 1 aromatic heterocycles. The number of aromatic amines is 1. The topological polar surface area (TPSA) is 230 Å². The molecule has 0 spiro atoms. The molecule has 15 nitrogen and oxygen atoms in total. The van der Waals surface area contributed by atoms with Gasteiger partial charge in [0.05, 0.1) is 0 Å². The van der Waals surface area contributed by atoms with E-state index in [-0.39, 0.29) is 4.77 Å². The highest BCUT2D eigenvalue weighted by Gasteiger charge is 2.58. The number of phosphoric acid groups is 3. The number of aliphatic hydroxyl groups excluding tert-OH is 1. The number of H-pyrrole nitrogens is 1. The highest BCUT2D eigenvalue weighted by molar-refractivity contribution is 7.72. The Kier molecular flexibility index (Phi) is 7.64. The van der Waals surface area contributed by atoms with E-state index >= 15 is 0 Å². The SMILES string of the molecule is C#CC1(O)[C@@H](O)[C@@H](OP(=O)(O)OP(=O)(O)OP(=O)(O)O)O[C@H]1n1cc(F)c(=S)[nH]c1=S. The number of nitrogens with one attached hydrogen (secondary N) is 1. The second-order valence-electron chi connectivity index (χ2n) is 5.61. The standard InChI is InChI=1S/C10H12FN2O13P3S2/c1-2-10(15)5(14)7(23-8(10)13-3-4(11)6(30)12-9(13)31)24-28(19,20)26-29(21,22)25-27(16,17)18/h1,3,5,7-8,14-15H,(H,19,20)(H,21,22)(H,12,30,31)(H2,16,17,18)/t5-,7+,8+,10?/m0/s1. The Morgan fingerprint density at radius 3 is 2.32 bits per heavy atom. The van der Waals surface area contributed by atoms with Crippen molar-refractivity contribution in [2.45, 2.75) is 24.2 Å².